The highest BCUT2D eigenvalue weighted by atomic mass is 16.5. The van der Waals surface area contributed by atoms with Gasteiger partial charge in [-0.3, -0.25) is 4.79 Å². The van der Waals surface area contributed by atoms with Gasteiger partial charge in [0.1, 0.15) is 0 Å². The van der Waals surface area contributed by atoms with Gasteiger partial charge in [0, 0.05) is 19.2 Å². The minimum atomic E-state index is -0.542. The summed E-state index contributed by atoms with van der Waals surface area (Å²) in [4.78, 5) is 11.3. The average molecular weight is 272 g/mol. The van der Waals surface area contributed by atoms with Gasteiger partial charge in [0.2, 0.25) is 5.91 Å². The predicted molar refractivity (Wildman–Crippen MR) is 75.0 cm³/mol. The second-order valence-corrected chi connectivity index (χ2v) is 5.26. The molecule has 0 bridgehead atoms. The summed E-state index contributed by atoms with van der Waals surface area (Å²) < 4.78 is 5.38. The van der Waals surface area contributed by atoms with Gasteiger partial charge in [-0.25, -0.2) is 0 Å². The van der Waals surface area contributed by atoms with E-state index in [0.717, 1.165) is 19.3 Å². The number of unbranched alkanes of at least 4 members (excludes halogenated alkanes) is 3. The smallest absolute Gasteiger partial charge is 0.234 e. The first-order chi connectivity index (χ1) is 9.22. The molecule has 3 N–H and O–H groups in total. The predicted octanol–water partition coefficient (Wildman–Crippen LogP) is 0.812. The maximum absolute atomic E-state index is 11.3. The molecule has 19 heavy (non-hydrogen) atoms. The van der Waals surface area contributed by atoms with Crippen LogP contribution in [0.25, 0.3) is 0 Å². The number of ether oxygens (including phenoxy) is 1. The number of carbonyl (C=O) groups excluding carboxylic acids is 1. The van der Waals surface area contributed by atoms with Crippen LogP contribution in [-0.4, -0.2) is 49.5 Å². The lowest BCUT2D eigenvalue weighted by Crippen LogP contribution is -2.39. The molecule has 0 spiro atoms. The van der Waals surface area contributed by atoms with E-state index < -0.39 is 6.10 Å². The summed E-state index contributed by atoms with van der Waals surface area (Å²) in [6.07, 6.45) is 6.35. The molecule has 0 aromatic rings. The van der Waals surface area contributed by atoms with Crippen LogP contribution in [0.5, 0.6) is 0 Å². The topological polar surface area (TPSA) is 70.6 Å². The van der Waals surface area contributed by atoms with E-state index in [-0.39, 0.29) is 12.5 Å². The monoisotopic (exact) mass is 272 g/mol. The van der Waals surface area contributed by atoms with Crippen LogP contribution in [0.3, 0.4) is 0 Å². The molecule has 1 atom stereocenters. The average Bonchev–Trinajstić information content (AvgIpc) is 3.17. The molecule has 5 heteroatoms. The van der Waals surface area contributed by atoms with Crippen LogP contribution in [0, 0.1) is 0 Å². The Hall–Kier alpha value is -0.650. The fourth-order valence-corrected chi connectivity index (χ4v) is 1.77. The molecule has 1 saturated carbocycles. The Balaban J connectivity index is 1.84. The number of rotatable bonds is 12. The molecule has 1 amide bonds. The Morgan fingerprint density at radius 1 is 1.37 bits per heavy atom. The van der Waals surface area contributed by atoms with Crippen molar-refractivity contribution in [3.8, 4) is 0 Å². The Morgan fingerprint density at radius 2 is 2.16 bits per heavy atom. The number of aliphatic hydroxyl groups excluding tert-OH is 1. The van der Waals surface area contributed by atoms with Crippen LogP contribution in [0.2, 0.25) is 0 Å². The van der Waals surface area contributed by atoms with E-state index in [4.69, 9.17) is 4.74 Å². The van der Waals surface area contributed by atoms with Gasteiger partial charge >= 0.3 is 0 Å². The van der Waals surface area contributed by atoms with Gasteiger partial charge in [0.15, 0.2) is 0 Å². The summed E-state index contributed by atoms with van der Waals surface area (Å²) in [7, 11) is 0. The third-order valence-electron chi connectivity index (χ3n) is 3.06. The molecule has 0 radical (unpaired) electrons. The SMILES string of the molecule is CCCCCCOCC(O)CNCC(=O)NC1CC1. The molecule has 1 aliphatic carbocycles. The van der Waals surface area contributed by atoms with Gasteiger partial charge in [0.05, 0.1) is 19.3 Å². The third kappa shape index (κ3) is 9.87. The second kappa shape index (κ2) is 10.2. The molecule has 0 heterocycles. The Bertz CT molecular complexity index is 245. The largest absolute Gasteiger partial charge is 0.389 e. The van der Waals surface area contributed by atoms with E-state index in [0.29, 0.717) is 25.8 Å². The molecule has 5 nitrogen and oxygen atoms in total. The fourth-order valence-electron chi connectivity index (χ4n) is 1.77. The van der Waals surface area contributed by atoms with Gasteiger partial charge in [-0.05, 0) is 19.3 Å². The van der Waals surface area contributed by atoms with E-state index in [1.54, 1.807) is 0 Å². The van der Waals surface area contributed by atoms with Crippen molar-refractivity contribution in [2.75, 3.05) is 26.3 Å². The molecule has 112 valence electrons. The van der Waals surface area contributed by atoms with Gasteiger partial charge in [0.25, 0.3) is 0 Å². The summed E-state index contributed by atoms with van der Waals surface area (Å²) >= 11 is 0. The third-order valence-corrected chi connectivity index (χ3v) is 3.06. The number of carbonyl (C=O) groups is 1. The molecule has 0 aliphatic heterocycles. The molecular weight excluding hydrogens is 244 g/mol. The number of nitrogens with one attached hydrogen (secondary N) is 2. The summed E-state index contributed by atoms with van der Waals surface area (Å²) in [6, 6.07) is 0.394. The number of aliphatic hydroxyl groups is 1. The first-order valence-electron chi connectivity index (χ1n) is 7.48. The van der Waals surface area contributed by atoms with Crippen molar-refractivity contribution in [1.29, 1.82) is 0 Å². The van der Waals surface area contributed by atoms with Gasteiger partial charge in [-0.1, -0.05) is 26.2 Å². The fraction of sp³-hybridized carbons (Fsp3) is 0.929. The summed E-state index contributed by atoms with van der Waals surface area (Å²) in [6.45, 7) is 3.88. The van der Waals surface area contributed by atoms with E-state index in [9.17, 15) is 9.90 Å². The zero-order chi connectivity index (χ0) is 13.9. The van der Waals surface area contributed by atoms with Gasteiger partial charge in [-0.15, -0.1) is 0 Å². The molecule has 1 unspecified atom stereocenters. The lowest BCUT2D eigenvalue weighted by molar-refractivity contribution is -0.120. The van der Waals surface area contributed by atoms with E-state index in [1.807, 2.05) is 0 Å². The van der Waals surface area contributed by atoms with Gasteiger partial charge < -0.3 is 20.5 Å². The molecule has 0 saturated heterocycles. The van der Waals surface area contributed by atoms with Crippen LogP contribution in [-0.2, 0) is 9.53 Å². The Kier molecular flexibility index (Phi) is 8.79. The van der Waals surface area contributed by atoms with Crippen molar-refractivity contribution < 1.29 is 14.6 Å². The standard InChI is InChI=1S/C14H28N2O3/c1-2-3-4-5-8-19-11-13(17)9-15-10-14(18)16-12-6-7-12/h12-13,15,17H,2-11H2,1H3,(H,16,18). The van der Waals surface area contributed by atoms with Crippen LogP contribution >= 0.6 is 0 Å². The van der Waals surface area contributed by atoms with Crippen LogP contribution in [0.15, 0.2) is 0 Å². The van der Waals surface area contributed by atoms with Crippen molar-refractivity contribution in [3.63, 3.8) is 0 Å². The number of hydrogen-bond acceptors (Lipinski definition) is 4. The minimum Gasteiger partial charge on any atom is -0.389 e. The zero-order valence-corrected chi connectivity index (χ0v) is 12.0. The minimum absolute atomic E-state index is 0.00943. The molecule has 0 aromatic carbocycles. The number of hydrogen-bond donors (Lipinski definition) is 3. The lowest BCUT2D eigenvalue weighted by atomic mass is 10.2. The van der Waals surface area contributed by atoms with Crippen molar-refractivity contribution >= 4 is 5.91 Å². The molecular formula is C14H28N2O3. The molecule has 0 aromatic heterocycles. The van der Waals surface area contributed by atoms with Crippen molar-refractivity contribution in [2.24, 2.45) is 0 Å². The van der Waals surface area contributed by atoms with Crippen LogP contribution in [0.4, 0.5) is 0 Å². The summed E-state index contributed by atoms with van der Waals surface area (Å²) in [5, 5.41) is 15.5. The molecule has 1 aliphatic rings. The summed E-state index contributed by atoms with van der Waals surface area (Å²) in [5.41, 5.74) is 0. The first-order valence-corrected chi connectivity index (χ1v) is 7.48. The van der Waals surface area contributed by atoms with E-state index in [2.05, 4.69) is 17.6 Å². The van der Waals surface area contributed by atoms with E-state index in [1.165, 1.54) is 19.3 Å². The van der Waals surface area contributed by atoms with Crippen molar-refractivity contribution in [1.82, 2.24) is 10.6 Å². The Labute approximate surface area is 116 Å². The highest BCUT2D eigenvalue weighted by molar-refractivity contribution is 5.78. The molecule has 1 rings (SSSR count). The summed E-state index contributed by atoms with van der Waals surface area (Å²) in [5.74, 6) is 0.00943. The maximum Gasteiger partial charge on any atom is 0.234 e. The van der Waals surface area contributed by atoms with Gasteiger partial charge in [-0.2, -0.15) is 0 Å². The second-order valence-electron chi connectivity index (χ2n) is 5.26. The molecule has 1 fully saturated rings. The Morgan fingerprint density at radius 3 is 2.84 bits per heavy atom. The zero-order valence-electron chi connectivity index (χ0n) is 12.0. The highest BCUT2D eigenvalue weighted by Crippen LogP contribution is 2.18. The quantitative estimate of drug-likeness (QED) is 0.460. The number of amides is 1. The highest BCUT2D eigenvalue weighted by Gasteiger charge is 2.22. The normalized spacial score (nSPS) is 16.3. The van der Waals surface area contributed by atoms with E-state index >= 15 is 0 Å². The van der Waals surface area contributed by atoms with Crippen molar-refractivity contribution in [2.45, 2.75) is 57.6 Å². The van der Waals surface area contributed by atoms with Crippen LogP contribution in [0.1, 0.15) is 45.4 Å². The lowest BCUT2D eigenvalue weighted by Gasteiger charge is -2.12. The maximum atomic E-state index is 11.3. The first kappa shape index (κ1) is 16.4. The van der Waals surface area contributed by atoms with Crippen molar-refractivity contribution in [3.05, 3.63) is 0 Å². The van der Waals surface area contributed by atoms with Crippen LogP contribution < -0.4 is 10.6 Å².